The van der Waals surface area contributed by atoms with E-state index in [1.165, 1.54) is 18.5 Å². The topological polar surface area (TPSA) is 107 Å². The number of imidazole rings is 1. The van der Waals surface area contributed by atoms with Gasteiger partial charge in [-0.25, -0.2) is 9.97 Å². The van der Waals surface area contributed by atoms with E-state index in [4.69, 9.17) is 11.6 Å². The molecule has 1 aliphatic rings. The average molecular weight is 395 g/mol. The molecule has 1 aliphatic carbocycles. The van der Waals surface area contributed by atoms with E-state index in [2.05, 4.69) is 40.8 Å². The van der Waals surface area contributed by atoms with E-state index in [9.17, 15) is 0 Å². The molecule has 5 rings (SSSR count). The Balaban J connectivity index is 1.32. The first-order valence-corrected chi connectivity index (χ1v) is 9.58. The standard InChI is InChI=1S/C19H19ClN8/c1-10(12-6-15-16(7-13(12)20)23-9-22-15)24-19-21-5-4-17(26-19)25-18-8-14(27-28-18)11-2-3-11/h4-11H,2-3H2,1H3,(H,22,23)(H3,21,24,25,26,27,28)/t10-/m0/s1. The number of anilines is 3. The van der Waals surface area contributed by atoms with Crippen LogP contribution < -0.4 is 10.6 Å². The first-order chi connectivity index (χ1) is 13.7. The Morgan fingerprint density at radius 3 is 2.93 bits per heavy atom. The monoisotopic (exact) mass is 394 g/mol. The van der Waals surface area contributed by atoms with Crippen molar-refractivity contribution in [3.63, 3.8) is 0 Å². The Labute approximate surface area is 166 Å². The van der Waals surface area contributed by atoms with Crippen molar-refractivity contribution in [1.29, 1.82) is 0 Å². The number of nitrogens with one attached hydrogen (secondary N) is 4. The highest BCUT2D eigenvalue weighted by molar-refractivity contribution is 6.32. The van der Waals surface area contributed by atoms with Crippen molar-refractivity contribution < 1.29 is 0 Å². The molecule has 0 spiro atoms. The molecule has 0 saturated heterocycles. The van der Waals surface area contributed by atoms with Crippen LogP contribution in [0.25, 0.3) is 11.0 Å². The van der Waals surface area contributed by atoms with Gasteiger partial charge in [0.25, 0.3) is 0 Å². The molecule has 142 valence electrons. The molecule has 1 aromatic carbocycles. The molecule has 9 heteroatoms. The van der Waals surface area contributed by atoms with Gasteiger partial charge < -0.3 is 15.6 Å². The lowest BCUT2D eigenvalue weighted by Gasteiger charge is -2.16. The molecule has 0 aliphatic heterocycles. The fraction of sp³-hybridized carbons (Fsp3) is 0.263. The number of rotatable bonds is 6. The zero-order chi connectivity index (χ0) is 19.1. The number of fused-ring (bicyclic) bond motifs is 1. The summed E-state index contributed by atoms with van der Waals surface area (Å²) in [6.07, 6.45) is 5.82. The molecule has 1 atom stereocenters. The van der Waals surface area contributed by atoms with Crippen LogP contribution in [0.15, 0.2) is 36.8 Å². The summed E-state index contributed by atoms with van der Waals surface area (Å²) in [7, 11) is 0. The van der Waals surface area contributed by atoms with Crippen LogP contribution in [0.4, 0.5) is 17.6 Å². The second-order valence-electron chi connectivity index (χ2n) is 7.03. The maximum atomic E-state index is 6.43. The molecule has 3 aromatic heterocycles. The van der Waals surface area contributed by atoms with Crippen molar-refractivity contribution >= 4 is 40.2 Å². The summed E-state index contributed by atoms with van der Waals surface area (Å²) in [5.41, 5.74) is 3.90. The fourth-order valence-electron chi connectivity index (χ4n) is 3.21. The quantitative estimate of drug-likeness (QED) is 0.383. The molecule has 0 radical (unpaired) electrons. The number of aromatic amines is 2. The molecular formula is C19H19ClN8. The van der Waals surface area contributed by atoms with Gasteiger partial charge in [0.2, 0.25) is 5.95 Å². The molecular weight excluding hydrogens is 376 g/mol. The van der Waals surface area contributed by atoms with Gasteiger partial charge in [-0.05, 0) is 43.5 Å². The second-order valence-corrected chi connectivity index (χ2v) is 7.44. The van der Waals surface area contributed by atoms with Crippen molar-refractivity contribution in [3.8, 4) is 0 Å². The molecule has 4 aromatic rings. The zero-order valence-corrected chi connectivity index (χ0v) is 16.0. The van der Waals surface area contributed by atoms with E-state index in [1.807, 2.05) is 31.2 Å². The number of hydrogen-bond acceptors (Lipinski definition) is 6. The van der Waals surface area contributed by atoms with Crippen molar-refractivity contribution in [1.82, 2.24) is 30.1 Å². The van der Waals surface area contributed by atoms with Gasteiger partial charge in [-0.3, -0.25) is 5.10 Å². The first kappa shape index (κ1) is 17.0. The van der Waals surface area contributed by atoms with Crippen LogP contribution >= 0.6 is 11.6 Å². The second kappa shape index (κ2) is 6.79. The predicted molar refractivity (Wildman–Crippen MR) is 109 cm³/mol. The van der Waals surface area contributed by atoms with Gasteiger partial charge >= 0.3 is 0 Å². The molecule has 3 heterocycles. The van der Waals surface area contributed by atoms with Crippen LogP contribution in [0, 0.1) is 0 Å². The van der Waals surface area contributed by atoms with Crippen molar-refractivity contribution in [3.05, 3.63) is 53.1 Å². The average Bonchev–Trinajstić information content (AvgIpc) is 3.25. The minimum absolute atomic E-state index is 0.0812. The van der Waals surface area contributed by atoms with Crippen LogP contribution in [0.5, 0.6) is 0 Å². The zero-order valence-electron chi connectivity index (χ0n) is 15.2. The molecule has 28 heavy (non-hydrogen) atoms. The summed E-state index contributed by atoms with van der Waals surface area (Å²) in [6, 6.07) is 7.62. The van der Waals surface area contributed by atoms with Gasteiger partial charge in [-0.15, -0.1) is 0 Å². The highest BCUT2D eigenvalue weighted by Gasteiger charge is 2.25. The van der Waals surface area contributed by atoms with Crippen molar-refractivity contribution in [2.45, 2.75) is 31.7 Å². The molecule has 0 amide bonds. The van der Waals surface area contributed by atoms with E-state index in [-0.39, 0.29) is 6.04 Å². The number of hydrogen-bond donors (Lipinski definition) is 4. The Morgan fingerprint density at radius 2 is 2.07 bits per heavy atom. The number of halogens is 1. The minimum atomic E-state index is -0.0812. The van der Waals surface area contributed by atoms with Gasteiger partial charge in [0.15, 0.2) is 5.82 Å². The van der Waals surface area contributed by atoms with Gasteiger partial charge in [-0.1, -0.05) is 11.6 Å². The third-order valence-electron chi connectivity index (χ3n) is 4.88. The summed E-state index contributed by atoms with van der Waals surface area (Å²) in [6.45, 7) is 2.02. The highest BCUT2D eigenvalue weighted by Crippen LogP contribution is 2.39. The van der Waals surface area contributed by atoms with Crippen molar-refractivity contribution in [2.24, 2.45) is 0 Å². The number of aromatic nitrogens is 6. The van der Waals surface area contributed by atoms with Gasteiger partial charge in [0.1, 0.15) is 5.82 Å². The van der Waals surface area contributed by atoms with E-state index in [1.54, 1.807) is 12.5 Å². The lowest BCUT2D eigenvalue weighted by molar-refractivity contribution is 0.862. The van der Waals surface area contributed by atoms with Gasteiger partial charge in [-0.2, -0.15) is 10.1 Å². The smallest absolute Gasteiger partial charge is 0.225 e. The lowest BCUT2D eigenvalue weighted by atomic mass is 10.1. The minimum Gasteiger partial charge on any atom is -0.348 e. The molecule has 4 N–H and O–H groups in total. The number of H-pyrrole nitrogens is 2. The maximum Gasteiger partial charge on any atom is 0.225 e. The van der Waals surface area contributed by atoms with Crippen molar-refractivity contribution in [2.75, 3.05) is 10.6 Å². The van der Waals surface area contributed by atoms with Crippen LogP contribution in [-0.4, -0.2) is 30.1 Å². The summed E-state index contributed by atoms with van der Waals surface area (Å²) >= 11 is 6.43. The van der Waals surface area contributed by atoms with Crippen LogP contribution in [-0.2, 0) is 0 Å². The molecule has 1 saturated carbocycles. The van der Waals surface area contributed by atoms with E-state index in [0.717, 1.165) is 22.4 Å². The molecule has 1 fully saturated rings. The lowest BCUT2D eigenvalue weighted by Crippen LogP contribution is -2.10. The summed E-state index contributed by atoms with van der Waals surface area (Å²) in [5, 5.41) is 14.6. The van der Waals surface area contributed by atoms with E-state index >= 15 is 0 Å². The maximum absolute atomic E-state index is 6.43. The predicted octanol–water partition coefficient (Wildman–Crippen LogP) is 4.52. The largest absolute Gasteiger partial charge is 0.348 e. The Kier molecular flexibility index (Phi) is 4.12. The molecule has 0 bridgehead atoms. The Morgan fingerprint density at radius 1 is 1.18 bits per heavy atom. The molecule has 8 nitrogen and oxygen atoms in total. The Bertz CT molecular complexity index is 1130. The third-order valence-corrected chi connectivity index (χ3v) is 5.20. The fourth-order valence-corrected chi connectivity index (χ4v) is 3.53. The normalized spacial score (nSPS) is 14.9. The number of benzene rings is 1. The number of nitrogens with zero attached hydrogens (tertiary/aromatic N) is 4. The summed E-state index contributed by atoms with van der Waals surface area (Å²) in [4.78, 5) is 16.2. The highest BCUT2D eigenvalue weighted by atomic mass is 35.5. The van der Waals surface area contributed by atoms with E-state index < -0.39 is 0 Å². The van der Waals surface area contributed by atoms with Gasteiger partial charge in [0.05, 0.1) is 23.4 Å². The summed E-state index contributed by atoms with van der Waals surface area (Å²) in [5.74, 6) is 2.57. The molecule has 0 unspecified atom stereocenters. The first-order valence-electron chi connectivity index (χ1n) is 9.20. The third kappa shape index (κ3) is 3.38. The van der Waals surface area contributed by atoms with Gasteiger partial charge in [0, 0.05) is 28.9 Å². The van der Waals surface area contributed by atoms with Crippen LogP contribution in [0.2, 0.25) is 5.02 Å². The van der Waals surface area contributed by atoms with Crippen LogP contribution in [0.3, 0.4) is 0 Å². The SMILES string of the molecule is C[C@H](Nc1nccc(Nc2cc(C3CC3)[nH]n2)n1)c1cc2[nH]cnc2cc1Cl. The Hall–Kier alpha value is -3.13. The van der Waals surface area contributed by atoms with E-state index in [0.29, 0.717) is 22.7 Å². The van der Waals surface area contributed by atoms with Crippen LogP contribution in [0.1, 0.15) is 43.0 Å². The summed E-state index contributed by atoms with van der Waals surface area (Å²) < 4.78 is 0.